The van der Waals surface area contributed by atoms with Gasteiger partial charge >= 0.3 is 0 Å². The number of imidazole rings is 1. The molecule has 0 bridgehead atoms. The van der Waals surface area contributed by atoms with Gasteiger partial charge in [-0.25, -0.2) is 4.98 Å². The van der Waals surface area contributed by atoms with Crippen molar-refractivity contribution in [3.63, 3.8) is 0 Å². The number of phenolic OH excluding ortho intramolecular Hbond substituents is 1. The Hall–Kier alpha value is -3.16. The van der Waals surface area contributed by atoms with E-state index in [4.69, 9.17) is 14.5 Å². The van der Waals surface area contributed by atoms with Crippen LogP contribution in [-0.4, -0.2) is 32.3 Å². The van der Waals surface area contributed by atoms with Crippen molar-refractivity contribution >= 4 is 22.8 Å². The molecule has 6 nitrogen and oxygen atoms in total. The summed E-state index contributed by atoms with van der Waals surface area (Å²) in [5.41, 5.74) is 4.61. The molecule has 40 heavy (non-hydrogen) atoms. The van der Waals surface area contributed by atoms with Gasteiger partial charge in [-0.3, -0.25) is 0 Å². The molecule has 1 fully saturated rings. The molecule has 1 aliphatic rings. The van der Waals surface area contributed by atoms with Crippen LogP contribution in [0.4, 0.5) is 0 Å². The third-order valence-electron chi connectivity index (χ3n) is 7.43. The average Bonchev–Trinajstić information content (AvgIpc) is 3.51. The van der Waals surface area contributed by atoms with Crippen molar-refractivity contribution in [3.05, 3.63) is 77.1 Å². The van der Waals surface area contributed by atoms with E-state index in [1.807, 2.05) is 61.3 Å². The number of aromatic nitrogens is 2. The maximum absolute atomic E-state index is 10.8. The molecule has 5 rings (SSSR count). The largest absolute Gasteiger partial charge is 0.508 e. The summed E-state index contributed by atoms with van der Waals surface area (Å²) in [6, 6.07) is 18.2. The molecular weight excluding hydrogens is 518 g/mol. The lowest BCUT2D eigenvalue weighted by molar-refractivity contribution is 0.292. The van der Waals surface area contributed by atoms with Gasteiger partial charge in [-0.15, -0.1) is 11.8 Å². The van der Waals surface area contributed by atoms with Crippen LogP contribution in [0.5, 0.6) is 23.0 Å². The van der Waals surface area contributed by atoms with Crippen LogP contribution in [0.3, 0.4) is 0 Å². The van der Waals surface area contributed by atoms with Gasteiger partial charge in [0.2, 0.25) is 0 Å². The standard InChI is InChI=1S/C33H41N3O3S/c1-32(2,3)25-17-30(26(16-29(25)37)33(4,5)6)39-23-12-13-27-28(15-23)36(7)31(35-27)19-38-22-10-8-21(9-11-22)14-24-18-34-20-40-24/h8-13,15-17,24,34,37H,14,18-20H2,1-7H3. The number of aryl methyl sites for hydroxylation is 1. The molecule has 4 aromatic rings. The fourth-order valence-corrected chi connectivity index (χ4v) is 6.12. The van der Waals surface area contributed by atoms with Crippen molar-refractivity contribution < 1.29 is 14.6 Å². The minimum atomic E-state index is -0.216. The molecule has 1 unspecified atom stereocenters. The molecule has 1 atom stereocenters. The molecule has 3 aromatic carbocycles. The van der Waals surface area contributed by atoms with Crippen molar-refractivity contribution in [3.8, 4) is 23.0 Å². The molecule has 1 aromatic heterocycles. The molecular formula is C33H41N3O3S. The zero-order valence-corrected chi connectivity index (χ0v) is 25.5. The Balaban J connectivity index is 1.34. The first-order chi connectivity index (χ1) is 18.9. The van der Waals surface area contributed by atoms with Crippen LogP contribution in [0, 0.1) is 0 Å². The minimum absolute atomic E-state index is 0.199. The molecule has 2 N–H and O–H groups in total. The Morgan fingerprint density at radius 1 is 0.950 bits per heavy atom. The van der Waals surface area contributed by atoms with Gasteiger partial charge in [-0.2, -0.15) is 0 Å². The molecule has 0 radical (unpaired) electrons. The van der Waals surface area contributed by atoms with Crippen molar-refractivity contribution in [2.24, 2.45) is 7.05 Å². The van der Waals surface area contributed by atoms with Gasteiger partial charge in [-0.1, -0.05) is 53.7 Å². The normalized spacial score (nSPS) is 16.0. The molecule has 7 heteroatoms. The Labute approximate surface area is 242 Å². The lowest BCUT2D eigenvalue weighted by Gasteiger charge is -2.27. The van der Waals surface area contributed by atoms with Gasteiger partial charge in [0.05, 0.1) is 11.0 Å². The quantitative estimate of drug-likeness (QED) is 0.245. The summed E-state index contributed by atoms with van der Waals surface area (Å²) in [5, 5.41) is 14.8. The molecule has 0 spiro atoms. The maximum Gasteiger partial charge on any atom is 0.147 e. The summed E-state index contributed by atoms with van der Waals surface area (Å²) >= 11 is 1.98. The zero-order chi connectivity index (χ0) is 28.7. The first-order valence-electron chi connectivity index (χ1n) is 13.9. The number of benzene rings is 3. The van der Waals surface area contributed by atoms with Crippen LogP contribution in [0.2, 0.25) is 0 Å². The van der Waals surface area contributed by atoms with E-state index in [-0.39, 0.29) is 10.8 Å². The van der Waals surface area contributed by atoms with Crippen LogP contribution in [0.1, 0.15) is 64.1 Å². The third-order valence-corrected chi connectivity index (χ3v) is 8.61. The topological polar surface area (TPSA) is 68.5 Å². The van der Waals surface area contributed by atoms with E-state index in [9.17, 15) is 5.11 Å². The number of rotatable bonds is 7. The molecule has 1 saturated heterocycles. The van der Waals surface area contributed by atoms with Crippen LogP contribution < -0.4 is 14.8 Å². The van der Waals surface area contributed by atoms with Crippen molar-refractivity contribution in [1.82, 2.24) is 14.9 Å². The van der Waals surface area contributed by atoms with E-state index in [2.05, 4.69) is 63.6 Å². The fourth-order valence-electron chi connectivity index (χ4n) is 5.10. The van der Waals surface area contributed by atoms with E-state index in [0.29, 0.717) is 17.6 Å². The van der Waals surface area contributed by atoms with Crippen molar-refractivity contribution in [2.75, 3.05) is 12.4 Å². The Kier molecular flexibility index (Phi) is 7.81. The monoisotopic (exact) mass is 559 g/mol. The third kappa shape index (κ3) is 6.26. The second-order valence-corrected chi connectivity index (χ2v) is 14.0. The highest BCUT2D eigenvalue weighted by Gasteiger charge is 2.26. The van der Waals surface area contributed by atoms with Crippen molar-refractivity contribution in [1.29, 1.82) is 0 Å². The second kappa shape index (κ2) is 11.0. The lowest BCUT2D eigenvalue weighted by atomic mass is 9.81. The summed E-state index contributed by atoms with van der Waals surface area (Å²) in [6.07, 6.45) is 1.08. The summed E-state index contributed by atoms with van der Waals surface area (Å²) < 4.78 is 14.7. The van der Waals surface area contributed by atoms with Crippen LogP contribution in [0.15, 0.2) is 54.6 Å². The summed E-state index contributed by atoms with van der Waals surface area (Å²) in [5.74, 6) is 4.52. The predicted octanol–water partition coefficient (Wildman–Crippen LogP) is 7.45. The Bertz CT molecular complexity index is 1490. The van der Waals surface area contributed by atoms with E-state index in [1.54, 1.807) is 0 Å². The number of ether oxygens (including phenoxy) is 2. The molecule has 0 aliphatic carbocycles. The van der Waals surface area contributed by atoms with Gasteiger partial charge < -0.3 is 24.5 Å². The van der Waals surface area contributed by atoms with E-state index < -0.39 is 0 Å². The Morgan fingerprint density at radius 3 is 2.30 bits per heavy atom. The first kappa shape index (κ1) is 28.4. The number of nitrogens with zero attached hydrogens (tertiary/aromatic N) is 2. The van der Waals surface area contributed by atoms with Crippen LogP contribution >= 0.6 is 11.8 Å². The second-order valence-electron chi connectivity index (χ2n) is 12.7. The SMILES string of the molecule is Cn1c(COc2ccc(CC3CNCS3)cc2)nc2ccc(Oc3cc(C(C)(C)C)c(O)cc3C(C)(C)C)cc21. The summed E-state index contributed by atoms with van der Waals surface area (Å²) in [4.78, 5) is 4.82. The van der Waals surface area contributed by atoms with Gasteiger partial charge in [-0.05, 0) is 59.2 Å². The number of thioether (sulfide) groups is 1. The number of nitrogens with one attached hydrogen (secondary N) is 1. The van der Waals surface area contributed by atoms with Gasteiger partial charge in [0.25, 0.3) is 0 Å². The number of fused-ring (bicyclic) bond motifs is 1. The Morgan fingerprint density at radius 2 is 1.65 bits per heavy atom. The summed E-state index contributed by atoms with van der Waals surface area (Å²) in [7, 11) is 2.01. The highest BCUT2D eigenvalue weighted by Crippen LogP contribution is 2.42. The number of aromatic hydroxyl groups is 1. The highest BCUT2D eigenvalue weighted by molar-refractivity contribution is 8.00. The molecule has 2 heterocycles. The smallest absolute Gasteiger partial charge is 0.147 e. The molecule has 0 amide bonds. The van der Waals surface area contributed by atoms with Gasteiger partial charge in [0.1, 0.15) is 35.4 Å². The minimum Gasteiger partial charge on any atom is -0.508 e. The van der Waals surface area contributed by atoms with Gasteiger partial charge in [0.15, 0.2) is 0 Å². The molecule has 212 valence electrons. The highest BCUT2D eigenvalue weighted by atomic mass is 32.2. The number of hydrogen-bond acceptors (Lipinski definition) is 6. The fraction of sp³-hybridized carbons (Fsp3) is 0.424. The van der Waals surface area contributed by atoms with Crippen LogP contribution in [0.25, 0.3) is 11.0 Å². The predicted molar refractivity (Wildman–Crippen MR) is 165 cm³/mol. The van der Waals surface area contributed by atoms with Crippen LogP contribution in [-0.2, 0) is 30.9 Å². The number of hydrogen-bond donors (Lipinski definition) is 2. The lowest BCUT2D eigenvalue weighted by Crippen LogP contribution is -2.16. The summed E-state index contributed by atoms with van der Waals surface area (Å²) in [6.45, 7) is 14.1. The van der Waals surface area contributed by atoms with E-state index in [1.165, 1.54) is 5.56 Å². The number of phenols is 1. The maximum atomic E-state index is 10.8. The van der Waals surface area contributed by atoms with E-state index in [0.717, 1.165) is 64.1 Å². The molecule has 0 saturated carbocycles. The van der Waals surface area contributed by atoms with Gasteiger partial charge in [0, 0.05) is 41.9 Å². The zero-order valence-electron chi connectivity index (χ0n) is 24.7. The molecule has 1 aliphatic heterocycles. The van der Waals surface area contributed by atoms with E-state index >= 15 is 0 Å². The first-order valence-corrected chi connectivity index (χ1v) is 15.0. The van der Waals surface area contributed by atoms with Crippen molar-refractivity contribution in [2.45, 2.75) is 70.7 Å². The average molecular weight is 560 g/mol.